The molecule has 2 N–H and O–H groups in total. The molecule has 0 unspecified atom stereocenters. The summed E-state index contributed by atoms with van der Waals surface area (Å²) in [6.07, 6.45) is 2.62. The van der Waals surface area contributed by atoms with Gasteiger partial charge in [-0.3, -0.25) is 4.79 Å². The van der Waals surface area contributed by atoms with Crippen LogP contribution in [0.15, 0.2) is 23.1 Å². The minimum absolute atomic E-state index is 0.0777. The molecule has 1 aliphatic heterocycles. The van der Waals surface area contributed by atoms with Crippen molar-refractivity contribution in [3.63, 3.8) is 0 Å². The molecular weight excluding hydrogens is 334 g/mol. The second-order valence-electron chi connectivity index (χ2n) is 6.30. The fraction of sp³-hybridized carbons (Fsp3) is 0.529. The molecule has 1 fully saturated rings. The van der Waals surface area contributed by atoms with Crippen LogP contribution in [-0.4, -0.2) is 59.1 Å². The first kappa shape index (κ1) is 18.1. The van der Waals surface area contributed by atoms with Crippen LogP contribution in [0.1, 0.15) is 12.1 Å². The maximum Gasteiger partial charge on any atom is 0.268 e. The zero-order chi connectivity index (χ0) is 18.5. The Morgan fingerprint density at radius 3 is 2.96 bits per heavy atom. The van der Waals surface area contributed by atoms with Gasteiger partial charge in [-0.05, 0) is 13.3 Å². The van der Waals surface area contributed by atoms with Gasteiger partial charge >= 0.3 is 0 Å². The Morgan fingerprint density at radius 2 is 2.19 bits per heavy atom. The number of morpholine rings is 1. The molecule has 140 valence electrons. The molecule has 1 atom stereocenters. The third-order valence-corrected chi connectivity index (χ3v) is 4.32. The largest absolute Gasteiger partial charge is 0.374 e. The Morgan fingerprint density at radius 1 is 1.35 bits per heavy atom. The molecular formula is C17H25N7O2. The molecule has 2 aromatic rings. The van der Waals surface area contributed by atoms with E-state index in [1.54, 1.807) is 19.3 Å². The lowest BCUT2D eigenvalue weighted by atomic mass is 10.2. The summed E-state index contributed by atoms with van der Waals surface area (Å²) >= 11 is 0. The van der Waals surface area contributed by atoms with Gasteiger partial charge in [0.2, 0.25) is 5.95 Å². The summed E-state index contributed by atoms with van der Waals surface area (Å²) in [5, 5.41) is 10.4. The summed E-state index contributed by atoms with van der Waals surface area (Å²) in [4.78, 5) is 22.7. The Bertz CT molecular complexity index is 808. The predicted octanol–water partition coefficient (Wildman–Crippen LogP) is 0.628. The van der Waals surface area contributed by atoms with Crippen molar-refractivity contribution in [3.05, 3.63) is 34.4 Å². The van der Waals surface area contributed by atoms with E-state index in [1.807, 2.05) is 20.0 Å². The summed E-state index contributed by atoms with van der Waals surface area (Å²) in [7, 11) is 3.48. The van der Waals surface area contributed by atoms with Gasteiger partial charge in [0.25, 0.3) is 5.56 Å². The molecule has 0 bridgehead atoms. The molecule has 0 spiro atoms. The van der Waals surface area contributed by atoms with Gasteiger partial charge in [-0.15, -0.1) is 0 Å². The molecule has 0 amide bonds. The summed E-state index contributed by atoms with van der Waals surface area (Å²) in [5.41, 5.74) is 1.64. The van der Waals surface area contributed by atoms with Crippen molar-refractivity contribution in [2.45, 2.75) is 19.4 Å². The van der Waals surface area contributed by atoms with Crippen molar-refractivity contribution in [2.75, 3.05) is 48.8 Å². The topological polar surface area (TPSA) is 97.2 Å². The molecule has 0 saturated carbocycles. The Kier molecular flexibility index (Phi) is 5.67. The van der Waals surface area contributed by atoms with Gasteiger partial charge in [0.05, 0.1) is 24.6 Å². The number of nitrogens with zero attached hydrogens (tertiary/aromatic N) is 5. The summed E-state index contributed by atoms with van der Waals surface area (Å²) < 4.78 is 7.18. The Hall–Kier alpha value is -2.68. The molecule has 0 aromatic carbocycles. The number of nitrogens with one attached hydrogen (secondary N) is 2. The van der Waals surface area contributed by atoms with Gasteiger partial charge in [-0.2, -0.15) is 10.1 Å². The number of rotatable bonds is 6. The second-order valence-corrected chi connectivity index (χ2v) is 6.30. The molecule has 3 rings (SSSR count). The maximum absolute atomic E-state index is 11.8. The van der Waals surface area contributed by atoms with Crippen LogP contribution in [-0.2, 0) is 11.8 Å². The van der Waals surface area contributed by atoms with E-state index in [-0.39, 0.29) is 11.7 Å². The average Bonchev–Trinajstić information content (AvgIpc) is 2.64. The smallest absolute Gasteiger partial charge is 0.268 e. The zero-order valence-electron chi connectivity index (χ0n) is 15.4. The fourth-order valence-electron chi connectivity index (χ4n) is 2.88. The minimum Gasteiger partial charge on any atom is -0.374 e. The van der Waals surface area contributed by atoms with E-state index in [4.69, 9.17) is 4.74 Å². The van der Waals surface area contributed by atoms with Crippen LogP contribution in [0.3, 0.4) is 0 Å². The van der Waals surface area contributed by atoms with Crippen molar-refractivity contribution in [3.8, 4) is 0 Å². The van der Waals surface area contributed by atoms with Crippen LogP contribution < -0.4 is 21.1 Å². The van der Waals surface area contributed by atoms with E-state index in [0.29, 0.717) is 19.1 Å². The van der Waals surface area contributed by atoms with Crippen molar-refractivity contribution < 1.29 is 4.74 Å². The highest BCUT2D eigenvalue weighted by Crippen LogP contribution is 2.16. The van der Waals surface area contributed by atoms with Gasteiger partial charge < -0.3 is 20.3 Å². The molecule has 3 heterocycles. The van der Waals surface area contributed by atoms with Gasteiger partial charge in [-0.1, -0.05) is 0 Å². The minimum atomic E-state index is -0.107. The van der Waals surface area contributed by atoms with E-state index >= 15 is 0 Å². The molecule has 0 aliphatic carbocycles. The molecule has 26 heavy (non-hydrogen) atoms. The van der Waals surface area contributed by atoms with Crippen LogP contribution in [0.2, 0.25) is 0 Å². The lowest BCUT2D eigenvalue weighted by Gasteiger charge is -2.34. The molecule has 9 nitrogen and oxygen atoms in total. The number of aromatic nitrogens is 4. The third-order valence-electron chi connectivity index (χ3n) is 4.32. The fourth-order valence-corrected chi connectivity index (χ4v) is 2.88. The summed E-state index contributed by atoms with van der Waals surface area (Å²) in [6, 6.07) is 3.51. The van der Waals surface area contributed by atoms with Crippen molar-refractivity contribution >= 4 is 17.5 Å². The molecule has 0 radical (unpaired) electrons. The molecule has 2 aromatic heterocycles. The first-order chi connectivity index (χ1) is 12.5. The van der Waals surface area contributed by atoms with Gasteiger partial charge in [-0.25, -0.2) is 9.67 Å². The van der Waals surface area contributed by atoms with E-state index in [1.165, 1.54) is 4.68 Å². The molecule has 1 saturated heterocycles. The third kappa shape index (κ3) is 4.48. The Balaban J connectivity index is 1.54. The monoisotopic (exact) mass is 359 g/mol. The van der Waals surface area contributed by atoms with Gasteiger partial charge in [0, 0.05) is 51.6 Å². The first-order valence-corrected chi connectivity index (χ1v) is 8.72. The van der Waals surface area contributed by atoms with Crippen LogP contribution in [0.4, 0.5) is 17.5 Å². The second kappa shape index (κ2) is 8.13. The zero-order valence-corrected chi connectivity index (χ0v) is 15.4. The number of aryl methyl sites for hydroxylation is 2. The highest BCUT2D eigenvalue weighted by atomic mass is 16.5. The average molecular weight is 359 g/mol. The highest BCUT2D eigenvalue weighted by Gasteiger charge is 2.21. The van der Waals surface area contributed by atoms with Gasteiger partial charge in [0.1, 0.15) is 5.82 Å². The number of anilines is 3. The Labute approximate surface area is 152 Å². The SMILES string of the molecule is CNc1cc(C)nc(NCC[C@H]2CN(c3cnn(C)c(=O)c3)CCO2)n1. The maximum atomic E-state index is 11.8. The van der Waals surface area contributed by atoms with Gasteiger partial charge in [0.15, 0.2) is 0 Å². The molecule has 9 heteroatoms. The lowest BCUT2D eigenvalue weighted by molar-refractivity contribution is 0.0374. The van der Waals surface area contributed by atoms with E-state index in [0.717, 1.165) is 36.7 Å². The normalized spacial score (nSPS) is 17.2. The predicted molar refractivity (Wildman–Crippen MR) is 101 cm³/mol. The summed E-state index contributed by atoms with van der Waals surface area (Å²) in [5.74, 6) is 1.40. The van der Waals surface area contributed by atoms with Crippen LogP contribution in [0, 0.1) is 6.92 Å². The van der Waals surface area contributed by atoms with Crippen LogP contribution in [0.5, 0.6) is 0 Å². The van der Waals surface area contributed by atoms with E-state index < -0.39 is 0 Å². The van der Waals surface area contributed by atoms with Crippen LogP contribution >= 0.6 is 0 Å². The highest BCUT2D eigenvalue weighted by molar-refractivity contribution is 5.43. The lowest BCUT2D eigenvalue weighted by Crippen LogP contribution is -2.43. The summed E-state index contributed by atoms with van der Waals surface area (Å²) in [6.45, 7) is 4.76. The van der Waals surface area contributed by atoms with Crippen molar-refractivity contribution in [1.82, 2.24) is 19.7 Å². The first-order valence-electron chi connectivity index (χ1n) is 8.72. The standard InChI is InChI=1S/C17H25N7O2/c1-12-8-15(18-2)22-17(21-12)19-5-4-14-11-24(6-7-26-14)13-9-16(25)23(3)20-10-13/h8-10,14H,4-7,11H2,1-3H3,(H2,18,19,21,22)/t14-/m0/s1. The van der Waals surface area contributed by atoms with E-state index in [2.05, 4.69) is 30.6 Å². The number of hydrogen-bond acceptors (Lipinski definition) is 8. The van der Waals surface area contributed by atoms with Crippen molar-refractivity contribution in [2.24, 2.45) is 7.05 Å². The number of hydrogen-bond donors (Lipinski definition) is 2. The van der Waals surface area contributed by atoms with Crippen molar-refractivity contribution in [1.29, 1.82) is 0 Å². The quantitative estimate of drug-likeness (QED) is 0.775. The van der Waals surface area contributed by atoms with E-state index in [9.17, 15) is 4.79 Å². The molecule has 1 aliphatic rings. The van der Waals surface area contributed by atoms with Crippen LogP contribution in [0.25, 0.3) is 0 Å². The number of ether oxygens (including phenoxy) is 1.